The zero-order valence-electron chi connectivity index (χ0n) is 16.8. The minimum atomic E-state index is -0.511. The van der Waals surface area contributed by atoms with Crippen LogP contribution >= 0.6 is 0 Å². The zero-order valence-corrected chi connectivity index (χ0v) is 16.8. The number of esters is 1. The van der Waals surface area contributed by atoms with Crippen molar-refractivity contribution in [3.8, 4) is 6.07 Å². The summed E-state index contributed by atoms with van der Waals surface area (Å²) in [5.41, 5.74) is 0.426. The summed E-state index contributed by atoms with van der Waals surface area (Å²) in [6.07, 6.45) is 7.62. The maximum Gasteiger partial charge on any atom is 0.302 e. The number of fused-ring (bicyclic) bond motifs is 5. The second-order valence-electron chi connectivity index (χ2n) is 9.48. The van der Waals surface area contributed by atoms with Crippen LogP contribution in [0.1, 0.15) is 71.6 Å². The Hall–Kier alpha value is -1.96. The van der Waals surface area contributed by atoms with Crippen molar-refractivity contribution in [2.24, 2.45) is 28.6 Å². The molecular weight excluding hydrogens is 354 g/mol. The third-order valence-electron chi connectivity index (χ3n) is 8.41. The molecule has 1 unspecified atom stereocenters. The molecular formula is C23H29NO4. The van der Waals surface area contributed by atoms with Crippen LogP contribution < -0.4 is 0 Å². The summed E-state index contributed by atoms with van der Waals surface area (Å²) >= 11 is 0. The Bertz CT molecular complexity index is 793. The van der Waals surface area contributed by atoms with Crippen LogP contribution in [0.25, 0.3) is 0 Å². The minimum absolute atomic E-state index is 0.148. The number of carbonyl (C=O) groups is 3. The summed E-state index contributed by atoms with van der Waals surface area (Å²) in [6.45, 7) is 3.53. The molecule has 150 valence electrons. The van der Waals surface area contributed by atoms with Gasteiger partial charge in [0.2, 0.25) is 0 Å². The lowest BCUT2D eigenvalue weighted by molar-refractivity contribution is -0.162. The molecule has 0 aromatic rings. The number of rotatable bonds is 3. The monoisotopic (exact) mass is 383 g/mol. The van der Waals surface area contributed by atoms with E-state index in [1.807, 2.05) is 0 Å². The van der Waals surface area contributed by atoms with Gasteiger partial charge in [-0.2, -0.15) is 5.26 Å². The van der Waals surface area contributed by atoms with E-state index in [4.69, 9.17) is 4.74 Å². The summed E-state index contributed by atoms with van der Waals surface area (Å²) in [5, 5.41) is 9.47. The second-order valence-corrected chi connectivity index (χ2v) is 9.48. The first-order valence-corrected chi connectivity index (χ1v) is 10.6. The molecule has 3 saturated carbocycles. The van der Waals surface area contributed by atoms with Crippen molar-refractivity contribution in [1.29, 1.82) is 5.26 Å². The minimum Gasteiger partial charge on any atom is -0.461 e. The van der Waals surface area contributed by atoms with Crippen LogP contribution in [0, 0.1) is 39.9 Å². The third kappa shape index (κ3) is 2.68. The van der Waals surface area contributed by atoms with E-state index in [0.717, 1.165) is 31.3 Å². The molecule has 0 aliphatic heterocycles. The van der Waals surface area contributed by atoms with Gasteiger partial charge in [-0.15, -0.1) is 0 Å². The van der Waals surface area contributed by atoms with Gasteiger partial charge < -0.3 is 4.74 Å². The van der Waals surface area contributed by atoms with E-state index in [0.29, 0.717) is 43.3 Å². The highest BCUT2D eigenvalue weighted by Crippen LogP contribution is 2.65. The number of carbonyl (C=O) groups excluding carboxylic acids is 3. The molecule has 5 nitrogen and oxygen atoms in total. The molecule has 0 N–H and O–H groups in total. The van der Waals surface area contributed by atoms with Crippen LogP contribution in [-0.4, -0.2) is 23.6 Å². The Balaban J connectivity index is 1.79. The topological polar surface area (TPSA) is 84.2 Å². The number of ether oxygens (including phenoxy) is 1. The number of hydrogen-bond acceptors (Lipinski definition) is 5. The van der Waals surface area contributed by atoms with E-state index in [9.17, 15) is 19.6 Å². The predicted molar refractivity (Wildman–Crippen MR) is 102 cm³/mol. The Kier molecular flexibility index (Phi) is 4.72. The van der Waals surface area contributed by atoms with Crippen LogP contribution in [0.5, 0.6) is 0 Å². The standard InChI is InChI=1S/C23H29NO4/c1-14(25)28-21(9-12-24)23-11-7-16(26)13-15(23)3-4-17-18-5-6-20(27)22(18,2)10-8-19(17)23/h3,17-19,21H,4-11,13H2,1-2H3/t17-,18-,19-,21?,22-,23+/m0/s1. The average molecular weight is 383 g/mol. The number of ketones is 2. The number of nitrogens with zero attached hydrogens (tertiary/aromatic N) is 1. The molecule has 0 bridgehead atoms. The van der Waals surface area contributed by atoms with Crippen LogP contribution in [-0.2, 0) is 19.1 Å². The van der Waals surface area contributed by atoms with Gasteiger partial charge in [0.1, 0.15) is 17.7 Å². The van der Waals surface area contributed by atoms with E-state index in [1.165, 1.54) is 6.92 Å². The van der Waals surface area contributed by atoms with Gasteiger partial charge in [0.05, 0.1) is 12.5 Å². The summed E-state index contributed by atoms with van der Waals surface area (Å²) in [6, 6.07) is 2.22. The van der Waals surface area contributed by atoms with Crippen LogP contribution in [0.4, 0.5) is 0 Å². The molecule has 6 atom stereocenters. The summed E-state index contributed by atoms with van der Waals surface area (Å²) in [4.78, 5) is 36.7. The molecule has 5 heteroatoms. The van der Waals surface area contributed by atoms with Gasteiger partial charge in [0.15, 0.2) is 0 Å². The lowest BCUT2D eigenvalue weighted by Crippen LogP contribution is -2.56. The first-order chi connectivity index (χ1) is 13.3. The van der Waals surface area contributed by atoms with Gasteiger partial charge in [0, 0.05) is 37.0 Å². The van der Waals surface area contributed by atoms with Gasteiger partial charge in [-0.1, -0.05) is 18.6 Å². The maximum absolute atomic E-state index is 12.6. The SMILES string of the molecule is CC(=O)OC(CC#N)[C@]12CCC(=O)CC1=CC[C@@H]1[C@@H]2CC[C@]2(C)C(=O)CC[C@@H]12. The Morgan fingerprint density at radius 3 is 2.79 bits per heavy atom. The molecule has 0 amide bonds. The highest BCUT2D eigenvalue weighted by atomic mass is 16.5. The molecule has 0 aromatic heterocycles. The molecule has 3 fully saturated rings. The largest absolute Gasteiger partial charge is 0.461 e. The summed E-state index contributed by atoms with van der Waals surface area (Å²) in [5.74, 6) is 1.24. The van der Waals surface area contributed by atoms with E-state index < -0.39 is 11.5 Å². The second kappa shape index (κ2) is 6.83. The fourth-order valence-electron chi connectivity index (χ4n) is 7.18. The van der Waals surface area contributed by atoms with Gasteiger partial charge >= 0.3 is 5.97 Å². The Morgan fingerprint density at radius 2 is 2.07 bits per heavy atom. The lowest BCUT2D eigenvalue weighted by atomic mass is 9.46. The van der Waals surface area contributed by atoms with Crippen molar-refractivity contribution in [2.45, 2.75) is 77.7 Å². The van der Waals surface area contributed by atoms with Gasteiger partial charge in [-0.3, -0.25) is 14.4 Å². The fourth-order valence-corrected chi connectivity index (χ4v) is 7.18. The molecule has 4 aliphatic rings. The molecule has 0 saturated heterocycles. The molecule has 0 heterocycles. The molecule has 0 aromatic carbocycles. The quantitative estimate of drug-likeness (QED) is 0.545. The van der Waals surface area contributed by atoms with E-state index in [1.54, 1.807) is 0 Å². The Morgan fingerprint density at radius 1 is 1.29 bits per heavy atom. The Labute approximate surface area is 166 Å². The smallest absolute Gasteiger partial charge is 0.302 e. The lowest BCUT2D eigenvalue weighted by Gasteiger charge is -2.58. The summed E-state index contributed by atoms with van der Waals surface area (Å²) in [7, 11) is 0. The first-order valence-electron chi connectivity index (χ1n) is 10.6. The number of Topliss-reactive ketones (excluding diaryl/α,β-unsaturated/α-hetero) is 2. The third-order valence-corrected chi connectivity index (χ3v) is 8.41. The van der Waals surface area contributed by atoms with Crippen LogP contribution in [0.3, 0.4) is 0 Å². The van der Waals surface area contributed by atoms with Gasteiger partial charge in [-0.05, 0) is 49.9 Å². The van der Waals surface area contributed by atoms with E-state index in [-0.39, 0.29) is 29.5 Å². The predicted octanol–water partition coefficient (Wildman–Crippen LogP) is 3.91. The van der Waals surface area contributed by atoms with Crippen LogP contribution in [0.2, 0.25) is 0 Å². The normalized spacial score (nSPS) is 40.5. The van der Waals surface area contributed by atoms with Gasteiger partial charge in [-0.25, -0.2) is 0 Å². The van der Waals surface area contributed by atoms with Gasteiger partial charge in [0.25, 0.3) is 0 Å². The fraction of sp³-hybridized carbons (Fsp3) is 0.739. The molecule has 4 aliphatic carbocycles. The summed E-state index contributed by atoms with van der Waals surface area (Å²) < 4.78 is 5.75. The van der Waals surface area contributed by atoms with Crippen molar-refractivity contribution in [3.63, 3.8) is 0 Å². The average Bonchev–Trinajstić information content (AvgIpc) is 2.95. The molecule has 4 rings (SSSR count). The van der Waals surface area contributed by atoms with Crippen molar-refractivity contribution in [1.82, 2.24) is 0 Å². The number of allylic oxidation sites excluding steroid dienone is 1. The molecule has 0 spiro atoms. The zero-order chi connectivity index (χ0) is 20.1. The van der Waals surface area contributed by atoms with E-state index >= 15 is 0 Å². The first kappa shape index (κ1) is 19.4. The highest BCUT2D eigenvalue weighted by molar-refractivity contribution is 5.87. The number of hydrogen-bond donors (Lipinski definition) is 0. The van der Waals surface area contributed by atoms with Crippen LogP contribution in [0.15, 0.2) is 11.6 Å². The van der Waals surface area contributed by atoms with Crippen molar-refractivity contribution in [2.75, 3.05) is 0 Å². The maximum atomic E-state index is 12.6. The number of nitriles is 1. The molecule has 28 heavy (non-hydrogen) atoms. The van der Waals surface area contributed by atoms with E-state index in [2.05, 4.69) is 19.1 Å². The van der Waals surface area contributed by atoms with Crippen molar-refractivity contribution < 1.29 is 19.1 Å². The van der Waals surface area contributed by atoms with Crippen molar-refractivity contribution in [3.05, 3.63) is 11.6 Å². The molecule has 0 radical (unpaired) electrons. The van der Waals surface area contributed by atoms with Crippen molar-refractivity contribution >= 4 is 17.5 Å². The highest BCUT2D eigenvalue weighted by Gasteiger charge is 2.62.